The molecule has 0 aliphatic heterocycles. The molecule has 5 nitrogen and oxygen atoms in total. The molecule has 2 heterocycles. The number of nitrogens with zero attached hydrogens (tertiary/aromatic N) is 2. The summed E-state index contributed by atoms with van der Waals surface area (Å²) in [5.74, 6) is -0.593. The minimum atomic E-state index is -0.971. The number of thiazole rings is 1. The first kappa shape index (κ1) is 13.1. The first-order chi connectivity index (χ1) is 9.54. The predicted octanol–water partition coefficient (Wildman–Crippen LogP) is 3.09. The highest BCUT2D eigenvalue weighted by molar-refractivity contribution is 7.15. The lowest BCUT2D eigenvalue weighted by Gasteiger charge is -2.10. The number of anilines is 2. The fraction of sp³-hybridized carbons (Fsp3) is 0.357. The summed E-state index contributed by atoms with van der Waals surface area (Å²) >= 11 is 1.59. The molecule has 104 valence electrons. The van der Waals surface area contributed by atoms with Crippen molar-refractivity contribution in [2.45, 2.75) is 33.1 Å². The van der Waals surface area contributed by atoms with Gasteiger partial charge < -0.3 is 10.4 Å². The van der Waals surface area contributed by atoms with Crippen LogP contribution in [0.4, 0.5) is 10.9 Å². The van der Waals surface area contributed by atoms with Crippen LogP contribution in [0.3, 0.4) is 0 Å². The third-order valence-electron chi connectivity index (χ3n) is 3.38. The van der Waals surface area contributed by atoms with Crippen molar-refractivity contribution in [2.75, 3.05) is 5.32 Å². The number of pyridine rings is 1. The number of aryl methyl sites for hydroxylation is 4. The molecule has 6 heteroatoms. The van der Waals surface area contributed by atoms with Crippen molar-refractivity contribution in [2.24, 2.45) is 0 Å². The highest BCUT2D eigenvalue weighted by Gasteiger charge is 2.20. The standard InChI is InChI=1S/C14H15N3O2S/c1-7-6-8(2)15-12(11(7)13(18)19)17-14-16-9-4-3-5-10(9)20-14/h6H,3-5H2,1-2H3,(H,18,19)(H,15,16,17). The fourth-order valence-electron chi connectivity index (χ4n) is 2.54. The van der Waals surface area contributed by atoms with Crippen molar-refractivity contribution < 1.29 is 9.90 Å². The van der Waals surface area contributed by atoms with Gasteiger partial charge in [0.05, 0.1) is 5.69 Å². The van der Waals surface area contributed by atoms with Gasteiger partial charge in [0.2, 0.25) is 0 Å². The molecule has 1 aliphatic rings. The van der Waals surface area contributed by atoms with Crippen molar-refractivity contribution in [3.63, 3.8) is 0 Å². The van der Waals surface area contributed by atoms with Crippen molar-refractivity contribution in [3.05, 3.63) is 33.5 Å². The van der Waals surface area contributed by atoms with E-state index in [2.05, 4.69) is 15.3 Å². The number of aromatic nitrogens is 2. The number of hydrogen-bond acceptors (Lipinski definition) is 5. The quantitative estimate of drug-likeness (QED) is 0.908. The minimum absolute atomic E-state index is 0.214. The van der Waals surface area contributed by atoms with Gasteiger partial charge >= 0.3 is 5.97 Å². The monoisotopic (exact) mass is 289 g/mol. The molecule has 0 fully saturated rings. The number of aromatic carboxylic acids is 1. The summed E-state index contributed by atoms with van der Waals surface area (Å²) < 4.78 is 0. The number of rotatable bonds is 3. The smallest absolute Gasteiger partial charge is 0.339 e. The van der Waals surface area contributed by atoms with Gasteiger partial charge in [0.25, 0.3) is 0 Å². The number of fused-ring (bicyclic) bond motifs is 1. The van der Waals surface area contributed by atoms with Gasteiger partial charge in [-0.15, -0.1) is 11.3 Å². The van der Waals surface area contributed by atoms with Crippen LogP contribution in [0.15, 0.2) is 6.07 Å². The van der Waals surface area contributed by atoms with Crippen molar-refractivity contribution in [3.8, 4) is 0 Å². The summed E-state index contributed by atoms with van der Waals surface area (Å²) in [5.41, 5.74) is 2.85. The average molecular weight is 289 g/mol. The second-order valence-corrected chi connectivity index (χ2v) is 6.06. The normalized spacial score (nSPS) is 13.3. The van der Waals surface area contributed by atoms with Gasteiger partial charge in [-0.1, -0.05) is 0 Å². The van der Waals surface area contributed by atoms with E-state index in [0.717, 1.165) is 35.8 Å². The number of carboxylic acid groups (broad SMARTS) is 1. The summed E-state index contributed by atoms with van der Waals surface area (Å²) in [7, 11) is 0. The molecule has 0 bridgehead atoms. The number of hydrogen-bond donors (Lipinski definition) is 2. The molecule has 0 amide bonds. The van der Waals surface area contributed by atoms with Crippen LogP contribution in [0.25, 0.3) is 0 Å². The second-order valence-electron chi connectivity index (χ2n) is 4.98. The van der Waals surface area contributed by atoms with E-state index in [1.807, 2.05) is 6.92 Å². The molecular weight excluding hydrogens is 274 g/mol. The van der Waals surface area contributed by atoms with Gasteiger partial charge in [-0.3, -0.25) is 0 Å². The molecule has 2 N–H and O–H groups in total. The molecular formula is C14H15N3O2S. The maximum atomic E-state index is 11.4. The van der Waals surface area contributed by atoms with E-state index in [4.69, 9.17) is 0 Å². The van der Waals surface area contributed by atoms with Crippen LogP contribution < -0.4 is 5.32 Å². The molecule has 1 aliphatic carbocycles. The summed E-state index contributed by atoms with van der Waals surface area (Å²) in [6.07, 6.45) is 3.25. The molecule has 0 aromatic carbocycles. The van der Waals surface area contributed by atoms with Crippen LogP contribution in [-0.4, -0.2) is 21.0 Å². The van der Waals surface area contributed by atoms with Crippen molar-refractivity contribution >= 4 is 28.3 Å². The van der Waals surface area contributed by atoms with E-state index >= 15 is 0 Å². The second kappa shape index (κ2) is 4.86. The molecule has 0 unspecified atom stereocenters. The highest BCUT2D eigenvalue weighted by atomic mass is 32.1. The summed E-state index contributed by atoms with van der Waals surface area (Å²) in [6, 6.07) is 1.77. The van der Waals surface area contributed by atoms with Gasteiger partial charge in [-0.25, -0.2) is 14.8 Å². The highest BCUT2D eigenvalue weighted by Crippen LogP contribution is 2.32. The van der Waals surface area contributed by atoms with Gasteiger partial charge in [0, 0.05) is 10.6 Å². The molecule has 20 heavy (non-hydrogen) atoms. The lowest BCUT2D eigenvalue weighted by molar-refractivity contribution is 0.0697. The minimum Gasteiger partial charge on any atom is -0.478 e. The predicted molar refractivity (Wildman–Crippen MR) is 78.1 cm³/mol. The Hall–Kier alpha value is -1.95. The third-order valence-corrected chi connectivity index (χ3v) is 4.45. The average Bonchev–Trinajstić information content (AvgIpc) is 2.87. The van der Waals surface area contributed by atoms with Gasteiger partial charge in [0.15, 0.2) is 5.13 Å². The maximum absolute atomic E-state index is 11.4. The van der Waals surface area contributed by atoms with E-state index < -0.39 is 5.97 Å². The Balaban J connectivity index is 1.98. The van der Waals surface area contributed by atoms with Gasteiger partial charge in [-0.2, -0.15) is 0 Å². The summed E-state index contributed by atoms with van der Waals surface area (Å²) in [4.78, 5) is 21.5. The molecule has 0 saturated heterocycles. The van der Waals surface area contributed by atoms with Crippen molar-refractivity contribution in [1.82, 2.24) is 9.97 Å². The van der Waals surface area contributed by atoms with Crippen LogP contribution in [0.1, 0.15) is 38.6 Å². The van der Waals surface area contributed by atoms with Crippen LogP contribution in [0.5, 0.6) is 0 Å². The van der Waals surface area contributed by atoms with E-state index in [1.165, 1.54) is 4.88 Å². The number of carbonyl (C=O) groups is 1. The van der Waals surface area contributed by atoms with E-state index in [-0.39, 0.29) is 5.56 Å². The molecule has 0 saturated carbocycles. The molecule has 0 atom stereocenters. The van der Waals surface area contributed by atoms with Gasteiger partial charge in [-0.05, 0) is 44.7 Å². The van der Waals surface area contributed by atoms with Crippen LogP contribution in [0, 0.1) is 13.8 Å². The first-order valence-electron chi connectivity index (χ1n) is 6.51. The molecule has 2 aromatic heterocycles. The largest absolute Gasteiger partial charge is 0.478 e. The topological polar surface area (TPSA) is 75.1 Å². The zero-order valence-electron chi connectivity index (χ0n) is 11.4. The zero-order chi connectivity index (χ0) is 14.3. The Morgan fingerprint density at radius 2 is 2.15 bits per heavy atom. The molecule has 3 rings (SSSR count). The first-order valence-corrected chi connectivity index (χ1v) is 7.33. The van der Waals surface area contributed by atoms with Crippen LogP contribution in [0.2, 0.25) is 0 Å². The van der Waals surface area contributed by atoms with E-state index in [1.54, 1.807) is 24.3 Å². The Bertz CT molecular complexity index is 672. The fourth-order valence-corrected chi connectivity index (χ4v) is 3.59. The molecule has 2 aromatic rings. The summed E-state index contributed by atoms with van der Waals surface area (Å²) in [6.45, 7) is 3.64. The van der Waals surface area contributed by atoms with E-state index in [0.29, 0.717) is 11.4 Å². The van der Waals surface area contributed by atoms with Crippen molar-refractivity contribution in [1.29, 1.82) is 0 Å². The van der Waals surface area contributed by atoms with E-state index in [9.17, 15) is 9.90 Å². The third kappa shape index (κ3) is 2.27. The lowest BCUT2D eigenvalue weighted by atomic mass is 10.1. The Kier molecular flexibility index (Phi) is 3.17. The lowest BCUT2D eigenvalue weighted by Crippen LogP contribution is -2.08. The Morgan fingerprint density at radius 1 is 1.35 bits per heavy atom. The van der Waals surface area contributed by atoms with Crippen LogP contribution >= 0.6 is 11.3 Å². The number of nitrogens with one attached hydrogen (secondary N) is 1. The Labute approximate surface area is 120 Å². The number of carboxylic acids is 1. The SMILES string of the molecule is Cc1cc(C)c(C(=O)O)c(Nc2nc3c(s2)CCC3)n1. The molecule has 0 radical (unpaired) electrons. The van der Waals surface area contributed by atoms with Gasteiger partial charge in [0.1, 0.15) is 11.4 Å². The zero-order valence-corrected chi connectivity index (χ0v) is 12.2. The van der Waals surface area contributed by atoms with Crippen LogP contribution in [-0.2, 0) is 12.8 Å². The maximum Gasteiger partial charge on any atom is 0.339 e. The Morgan fingerprint density at radius 3 is 2.85 bits per heavy atom. The summed E-state index contributed by atoms with van der Waals surface area (Å²) in [5, 5.41) is 13.1. The molecule has 0 spiro atoms.